The number of nitriles is 1. The van der Waals surface area contributed by atoms with Crippen LogP contribution in [0.2, 0.25) is 0 Å². The lowest BCUT2D eigenvalue weighted by molar-refractivity contribution is 1.18. The Bertz CT molecular complexity index is 2240. The van der Waals surface area contributed by atoms with E-state index in [0.717, 1.165) is 33.3 Å². The zero-order valence-corrected chi connectivity index (χ0v) is 22.3. The quantitative estimate of drug-likeness (QED) is 0.136. The Morgan fingerprint density at radius 2 is 1.41 bits per heavy atom. The second-order valence-corrected chi connectivity index (χ2v) is 10.1. The van der Waals surface area contributed by atoms with Crippen LogP contribution in [0.15, 0.2) is 146 Å². The van der Waals surface area contributed by atoms with Crippen molar-refractivity contribution in [2.75, 3.05) is 0 Å². The average molecular weight is 524 g/mol. The molecule has 0 aliphatic rings. The van der Waals surface area contributed by atoms with Crippen molar-refractivity contribution in [1.82, 2.24) is 4.57 Å². The van der Waals surface area contributed by atoms with Crippen LogP contribution in [0.1, 0.15) is 5.56 Å². The van der Waals surface area contributed by atoms with Gasteiger partial charge in [-0.25, -0.2) is 0 Å². The highest BCUT2D eigenvalue weighted by molar-refractivity contribution is 6.30. The smallest absolute Gasteiger partial charge is 0.0992 e. The van der Waals surface area contributed by atoms with Gasteiger partial charge in [-0.3, -0.25) is 0 Å². The third kappa shape index (κ3) is 3.93. The van der Waals surface area contributed by atoms with Crippen LogP contribution in [0.3, 0.4) is 0 Å². The highest BCUT2D eigenvalue weighted by Gasteiger charge is 2.19. The minimum absolute atomic E-state index is 0.276. The van der Waals surface area contributed by atoms with Crippen LogP contribution in [0.4, 0.5) is 0 Å². The standard InChI is InChI=1S/C38H25N3/c1-2-25(24-39)21-34(40)28-13-10-12-27(22-28)33-23-36-38(32-18-9-8-17-31(32)33)37-30-16-7-6-11-26(30)19-20-35(37)41(36)29-14-4-3-5-15-29/h2-23,40H,1H2/b25-21+,40-34?. The minimum Gasteiger partial charge on any atom is -0.309 e. The topological polar surface area (TPSA) is 52.6 Å². The summed E-state index contributed by atoms with van der Waals surface area (Å²) in [4.78, 5) is 0. The second kappa shape index (κ2) is 9.79. The first-order valence-corrected chi connectivity index (χ1v) is 13.5. The van der Waals surface area contributed by atoms with Crippen molar-refractivity contribution in [2.24, 2.45) is 0 Å². The van der Waals surface area contributed by atoms with Gasteiger partial charge < -0.3 is 9.98 Å². The fraction of sp³-hybridized carbons (Fsp3) is 0. The number of nitrogens with one attached hydrogen (secondary N) is 1. The van der Waals surface area contributed by atoms with Crippen LogP contribution >= 0.6 is 0 Å². The molecule has 1 heterocycles. The van der Waals surface area contributed by atoms with Gasteiger partial charge in [0.05, 0.1) is 28.4 Å². The van der Waals surface area contributed by atoms with E-state index < -0.39 is 0 Å². The third-order valence-corrected chi connectivity index (χ3v) is 7.81. The molecule has 0 saturated carbocycles. The van der Waals surface area contributed by atoms with Gasteiger partial charge in [0.25, 0.3) is 0 Å². The molecule has 0 amide bonds. The average Bonchev–Trinajstić information content (AvgIpc) is 3.38. The summed E-state index contributed by atoms with van der Waals surface area (Å²) >= 11 is 0. The van der Waals surface area contributed by atoms with Crippen LogP contribution in [-0.2, 0) is 0 Å². The van der Waals surface area contributed by atoms with Crippen LogP contribution in [0, 0.1) is 16.7 Å². The number of nitrogens with zero attached hydrogens (tertiary/aromatic N) is 2. The van der Waals surface area contributed by atoms with Crippen molar-refractivity contribution >= 4 is 49.1 Å². The lowest BCUT2D eigenvalue weighted by Gasteiger charge is -2.13. The molecule has 0 atom stereocenters. The Balaban J connectivity index is 1.60. The summed E-state index contributed by atoms with van der Waals surface area (Å²) in [5, 5.41) is 25.2. The van der Waals surface area contributed by atoms with E-state index in [1.54, 1.807) is 6.08 Å². The van der Waals surface area contributed by atoms with Gasteiger partial charge in [0.1, 0.15) is 0 Å². The Kier molecular flexibility index (Phi) is 5.81. The number of allylic oxidation sites excluding steroid dienone is 3. The first-order chi connectivity index (χ1) is 20.2. The zero-order valence-electron chi connectivity index (χ0n) is 22.3. The summed E-state index contributed by atoms with van der Waals surface area (Å²) in [5.74, 6) is 0. The molecule has 0 radical (unpaired) electrons. The van der Waals surface area contributed by atoms with Gasteiger partial charge in [-0.1, -0.05) is 104 Å². The molecule has 0 bridgehead atoms. The molecular formula is C38H25N3. The summed E-state index contributed by atoms with van der Waals surface area (Å²) in [5.41, 5.74) is 6.92. The lowest BCUT2D eigenvalue weighted by Crippen LogP contribution is -1.97. The first-order valence-electron chi connectivity index (χ1n) is 13.5. The predicted octanol–water partition coefficient (Wildman–Crippen LogP) is 9.76. The van der Waals surface area contributed by atoms with E-state index in [0.29, 0.717) is 5.57 Å². The Morgan fingerprint density at radius 1 is 0.707 bits per heavy atom. The summed E-state index contributed by atoms with van der Waals surface area (Å²) in [6.07, 6.45) is 3.04. The third-order valence-electron chi connectivity index (χ3n) is 7.81. The van der Waals surface area contributed by atoms with Crippen molar-refractivity contribution in [3.63, 3.8) is 0 Å². The molecule has 7 rings (SSSR count). The van der Waals surface area contributed by atoms with E-state index in [9.17, 15) is 5.26 Å². The van der Waals surface area contributed by atoms with Gasteiger partial charge in [0.15, 0.2) is 0 Å². The summed E-state index contributed by atoms with van der Waals surface area (Å²) < 4.78 is 2.37. The molecule has 1 aromatic heterocycles. The molecule has 192 valence electrons. The molecule has 3 heteroatoms. The van der Waals surface area contributed by atoms with Crippen LogP contribution in [0.5, 0.6) is 0 Å². The number of benzene rings is 6. The van der Waals surface area contributed by atoms with Crippen LogP contribution < -0.4 is 0 Å². The molecule has 0 aliphatic heterocycles. The molecule has 7 aromatic rings. The Hall–Kier alpha value is -5.72. The van der Waals surface area contributed by atoms with Crippen molar-refractivity contribution in [3.8, 4) is 22.9 Å². The van der Waals surface area contributed by atoms with Gasteiger partial charge in [-0.05, 0) is 69.1 Å². The normalized spacial score (nSPS) is 11.7. The molecule has 1 N–H and O–H groups in total. The number of hydrogen-bond donors (Lipinski definition) is 1. The van der Waals surface area contributed by atoms with E-state index in [1.165, 1.54) is 38.5 Å². The number of para-hydroxylation sites is 1. The molecular weight excluding hydrogens is 498 g/mol. The Labute approximate surface area is 238 Å². The van der Waals surface area contributed by atoms with Crippen molar-refractivity contribution in [1.29, 1.82) is 10.7 Å². The molecule has 0 spiro atoms. The van der Waals surface area contributed by atoms with E-state index in [2.05, 4.69) is 114 Å². The number of rotatable bonds is 5. The molecule has 0 fully saturated rings. The maximum absolute atomic E-state index is 9.33. The summed E-state index contributed by atoms with van der Waals surface area (Å²) in [6, 6.07) is 44.6. The molecule has 0 aliphatic carbocycles. The van der Waals surface area contributed by atoms with Gasteiger partial charge in [0, 0.05) is 22.0 Å². The zero-order chi connectivity index (χ0) is 27.9. The maximum Gasteiger partial charge on any atom is 0.0992 e. The van der Waals surface area contributed by atoms with E-state index in [4.69, 9.17) is 5.41 Å². The van der Waals surface area contributed by atoms with Crippen molar-refractivity contribution in [3.05, 3.63) is 151 Å². The van der Waals surface area contributed by atoms with Crippen molar-refractivity contribution < 1.29 is 0 Å². The molecule has 0 saturated heterocycles. The summed E-state index contributed by atoms with van der Waals surface area (Å²) in [6.45, 7) is 3.69. The number of hydrogen-bond acceptors (Lipinski definition) is 2. The highest BCUT2D eigenvalue weighted by atomic mass is 15.0. The largest absolute Gasteiger partial charge is 0.309 e. The van der Waals surface area contributed by atoms with E-state index in [-0.39, 0.29) is 5.71 Å². The minimum atomic E-state index is 0.276. The lowest BCUT2D eigenvalue weighted by atomic mass is 9.92. The maximum atomic E-state index is 9.33. The predicted molar refractivity (Wildman–Crippen MR) is 172 cm³/mol. The fourth-order valence-electron chi connectivity index (χ4n) is 5.96. The molecule has 41 heavy (non-hydrogen) atoms. The monoisotopic (exact) mass is 523 g/mol. The van der Waals surface area contributed by atoms with Gasteiger partial charge in [-0.15, -0.1) is 0 Å². The number of aromatic nitrogens is 1. The van der Waals surface area contributed by atoms with Crippen molar-refractivity contribution in [2.45, 2.75) is 0 Å². The fourth-order valence-corrected chi connectivity index (χ4v) is 5.96. The first kappa shape index (κ1) is 24.3. The van der Waals surface area contributed by atoms with Gasteiger partial charge in [-0.2, -0.15) is 5.26 Å². The van der Waals surface area contributed by atoms with Crippen LogP contribution in [-0.4, -0.2) is 10.3 Å². The van der Waals surface area contributed by atoms with Crippen LogP contribution in [0.25, 0.3) is 60.2 Å². The summed E-state index contributed by atoms with van der Waals surface area (Å²) in [7, 11) is 0. The number of fused-ring (bicyclic) bond motifs is 7. The van der Waals surface area contributed by atoms with Gasteiger partial charge in [0.2, 0.25) is 0 Å². The van der Waals surface area contributed by atoms with E-state index in [1.807, 2.05) is 24.3 Å². The SMILES string of the molecule is C=C/C(C#N)=C\C(=N)c1cccc(-c2cc3c(c4ccccc24)c2c4ccccc4ccc2n3-c2ccccc2)c1. The molecule has 3 nitrogen and oxygen atoms in total. The van der Waals surface area contributed by atoms with E-state index >= 15 is 0 Å². The van der Waals surface area contributed by atoms with Gasteiger partial charge >= 0.3 is 0 Å². The second-order valence-electron chi connectivity index (χ2n) is 10.1. The molecule has 0 unspecified atom stereocenters. The highest BCUT2D eigenvalue weighted by Crippen LogP contribution is 2.43. The Morgan fingerprint density at radius 3 is 2.20 bits per heavy atom. The molecule has 6 aromatic carbocycles.